The number of rotatable bonds is 6. The van der Waals surface area contributed by atoms with Crippen molar-refractivity contribution in [2.45, 2.75) is 38.5 Å². The first-order valence-corrected chi connectivity index (χ1v) is 25.0. The highest BCUT2D eigenvalue weighted by Crippen LogP contribution is 2.56. The van der Waals surface area contributed by atoms with E-state index in [-0.39, 0.29) is 16.6 Å². The molecule has 0 aromatic heterocycles. The van der Waals surface area contributed by atoms with Crippen molar-refractivity contribution in [3.63, 3.8) is 0 Å². The van der Waals surface area contributed by atoms with E-state index in [1.54, 1.807) is 6.07 Å². The van der Waals surface area contributed by atoms with Gasteiger partial charge in [-0.25, -0.2) is 0 Å². The van der Waals surface area contributed by atoms with Gasteiger partial charge in [-0.2, -0.15) is 0 Å². The lowest BCUT2D eigenvalue weighted by atomic mass is 9.79. The van der Waals surface area contributed by atoms with Gasteiger partial charge in [-0.15, -0.1) is 0 Å². The molecule has 0 saturated heterocycles. The second-order valence-electron chi connectivity index (χ2n) is 20.6. The second kappa shape index (κ2) is 15.6. The Morgan fingerprint density at radius 1 is 0.389 bits per heavy atom. The molecule has 72 heavy (non-hydrogen) atoms. The number of aromatic hydroxyl groups is 1. The van der Waals surface area contributed by atoms with E-state index in [4.69, 9.17) is 4.74 Å². The fraction of sp³-hybridized carbons (Fsp3) is 0.0882. The molecule has 11 aromatic rings. The third kappa shape index (κ3) is 6.12. The van der Waals surface area contributed by atoms with Crippen LogP contribution in [0.3, 0.4) is 0 Å². The zero-order valence-corrected chi connectivity index (χ0v) is 40.6. The molecule has 14 rings (SSSR count). The van der Waals surface area contributed by atoms with Crippen LogP contribution in [0.5, 0.6) is 17.2 Å². The Kier molecular flexibility index (Phi) is 9.09. The van der Waals surface area contributed by atoms with Crippen LogP contribution >= 0.6 is 0 Å². The average Bonchev–Trinajstić information content (AvgIpc) is 3.79. The molecule has 0 bridgehead atoms. The third-order valence-electron chi connectivity index (χ3n) is 15.9. The smallest absolute Gasteiger partial charge is 0.151 e. The molecule has 1 heterocycles. The van der Waals surface area contributed by atoms with E-state index in [0.717, 1.165) is 67.2 Å². The Balaban J connectivity index is 1.11. The number of para-hydroxylation sites is 7. The summed E-state index contributed by atoms with van der Waals surface area (Å²) in [4.78, 5) is 4.53. The predicted octanol–water partition coefficient (Wildman–Crippen LogP) is 18.7. The van der Waals surface area contributed by atoms with Crippen molar-refractivity contribution < 1.29 is 9.84 Å². The van der Waals surface area contributed by atoms with Crippen molar-refractivity contribution in [3.05, 3.63) is 247 Å². The number of anilines is 6. The molecule has 4 nitrogen and oxygen atoms in total. The molecule has 1 aliphatic heterocycles. The van der Waals surface area contributed by atoms with Gasteiger partial charge in [0.2, 0.25) is 0 Å². The van der Waals surface area contributed by atoms with E-state index in [1.807, 2.05) is 36.4 Å². The Morgan fingerprint density at radius 3 is 1.49 bits per heavy atom. The molecule has 344 valence electrons. The van der Waals surface area contributed by atoms with Crippen LogP contribution in [-0.2, 0) is 10.8 Å². The first kappa shape index (κ1) is 42.1. The molecule has 0 radical (unpaired) electrons. The van der Waals surface area contributed by atoms with E-state index >= 15 is 0 Å². The molecule has 11 aromatic carbocycles. The van der Waals surface area contributed by atoms with Gasteiger partial charge in [-0.05, 0) is 173 Å². The molecule has 3 aliphatic rings. The number of hydrogen-bond acceptors (Lipinski definition) is 4. The highest BCUT2D eigenvalue weighted by Gasteiger charge is 2.38. The van der Waals surface area contributed by atoms with E-state index in [0.29, 0.717) is 5.69 Å². The van der Waals surface area contributed by atoms with Crippen LogP contribution in [0.4, 0.5) is 34.1 Å². The highest BCUT2D eigenvalue weighted by molar-refractivity contribution is 6.23. The fourth-order valence-corrected chi connectivity index (χ4v) is 12.5. The summed E-state index contributed by atoms with van der Waals surface area (Å²) in [6.07, 6.45) is 0. The summed E-state index contributed by atoms with van der Waals surface area (Å²) in [6, 6.07) is 80.7. The van der Waals surface area contributed by atoms with Gasteiger partial charge in [0.25, 0.3) is 0 Å². The SMILES string of the molecule is CC1(C)c2ccccc2-c2ccc(-c3c4ccc(N(c5ccccc5)c5ccccc5O)cc4c(-c4ccc5c(c4)C(C)(C)c4ccccc4-5)c4cc(N5c6ccccc6Oc6ccccc65)ccc34)cc21. The molecule has 4 heteroatoms. The van der Waals surface area contributed by atoms with Crippen LogP contribution in [0, 0.1) is 0 Å². The predicted molar refractivity (Wildman–Crippen MR) is 299 cm³/mol. The standard InChI is InChI=1S/C68H50N2O2/c1-67(2)55-22-10-8-20-47(55)49-34-30-42(38-57(49)67)65-51-36-32-45(69(44-18-6-5-7-19-44)59-24-12-15-27-62(59)71)40-53(51)66(43-31-35-50-48-21-9-11-23-56(48)68(3,4)58(50)39-43)54-41-46(33-37-52(54)65)70-60-25-13-16-28-63(60)72-64-29-17-14-26-61(64)70/h5-41,71H,1-4H3. The first-order valence-electron chi connectivity index (χ1n) is 25.0. The molecule has 0 saturated carbocycles. The summed E-state index contributed by atoms with van der Waals surface area (Å²) in [5.41, 5.74) is 20.4. The molecular formula is C68H50N2O2. The molecule has 2 aliphatic carbocycles. The van der Waals surface area contributed by atoms with Gasteiger partial charge in [-0.1, -0.05) is 167 Å². The number of hydrogen-bond donors (Lipinski definition) is 1. The minimum absolute atomic E-state index is 0.187. The molecule has 0 atom stereocenters. The van der Waals surface area contributed by atoms with Crippen LogP contribution in [0.2, 0.25) is 0 Å². The number of phenolic OH excluding ortho intramolecular Hbond substituents is 1. The van der Waals surface area contributed by atoms with Crippen molar-refractivity contribution in [3.8, 4) is 61.8 Å². The molecule has 0 unspecified atom stereocenters. The van der Waals surface area contributed by atoms with E-state index < -0.39 is 0 Å². The topological polar surface area (TPSA) is 35.9 Å². The molecule has 0 spiro atoms. The summed E-state index contributed by atoms with van der Waals surface area (Å²) in [7, 11) is 0. The van der Waals surface area contributed by atoms with Crippen LogP contribution in [-0.4, -0.2) is 5.11 Å². The largest absolute Gasteiger partial charge is 0.506 e. The van der Waals surface area contributed by atoms with E-state index in [9.17, 15) is 5.11 Å². The number of nitrogens with zero attached hydrogens (tertiary/aromatic N) is 2. The summed E-state index contributed by atoms with van der Waals surface area (Å²) in [5.74, 6) is 1.83. The number of fused-ring (bicyclic) bond motifs is 10. The van der Waals surface area contributed by atoms with E-state index in [2.05, 4.69) is 219 Å². The van der Waals surface area contributed by atoms with Gasteiger partial charge < -0.3 is 19.6 Å². The van der Waals surface area contributed by atoms with Crippen LogP contribution in [0.15, 0.2) is 224 Å². The monoisotopic (exact) mass is 926 g/mol. The molecule has 1 N–H and O–H groups in total. The van der Waals surface area contributed by atoms with Crippen molar-refractivity contribution in [1.29, 1.82) is 0 Å². The zero-order valence-electron chi connectivity index (χ0n) is 40.6. The number of phenols is 1. The van der Waals surface area contributed by atoms with E-state index in [1.165, 1.54) is 61.0 Å². The number of benzene rings is 11. The lowest BCUT2D eigenvalue weighted by Gasteiger charge is -2.33. The van der Waals surface area contributed by atoms with Crippen LogP contribution < -0.4 is 14.5 Å². The van der Waals surface area contributed by atoms with Crippen LogP contribution in [0.1, 0.15) is 49.9 Å². The maximum Gasteiger partial charge on any atom is 0.151 e. The quantitative estimate of drug-likeness (QED) is 0.169. The van der Waals surface area contributed by atoms with Gasteiger partial charge >= 0.3 is 0 Å². The Bertz CT molecular complexity index is 3930. The van der Waals surface area contributed by atoms with Crippen molar-refractivity contribution in [2.24, 2.45) is 0 Å². The van der Waals surface area contributed by atoms with Gasteiger partial charge in [0.05, 0.1) is 17.1 Å². The van der Waals surface area contributed by atoms with Gasteiger partial charge in [-0.3, -0.25) is 0 Å². The molecular weight excluding hydrogens is 877 g/mol. The zero-order chi connectivity index (χ0) is 48.5. The minimum atomic E-state index is -0.214. The molecule has 0 fully saturated rings. The summed E-state index contributed by atoms with van der Waals surface area (Å²) >= 11 is 0. The Hall–Kier alpha value is -8.86. The van der Waals surface area contributed by atoms with Gasteiger partial charge in [0.15, 0.2) is 11.5 Å². The summed E-state index contributed by atoms with van der Waals surface area (Å²) in [5, 5.41) is 16.2. The number of ether oxygens (including phenoxy) is 1. The van der Waals surface area contributed by atoms with Gasteiger partial charge in [0.1, 0.15) is 5.75 Å². The second-order valence-corrected chi connectivity index (χ2v) is 20.6. The van der Waals surface area contributed by atoms with Gasteiger partial charge in [0, 0.05) is 27.9 Å². The minimum Gasteiger partial charge on any atom is -0.506 e. The van der Waals surface area contributed by atoms with Crippen molar-refractivity contribution in [2.75, 3.05) is 9.80 Å². The Labute approximate surface area is 420 Å². The van der Waals surface area contributed by atoms with Crippen molar-refractivity contribution in [1.82, 2.24) is 0 Å². The lowest BCUT2D eigenvalue weighted by Crippen LogP contribution is -2.15. The summed E-state index contributed by atoms with van der Waals surface area (Å²) < 4.78 is 6.56. The maximum absolute atomic E-state index is 11.6. The third-order valence-corrected chi connectivity index (χ3v) is 15.9. The highest BCUT2D eigenvalue weighted by atomic mass is 16.5. The lowest BCUT2D eigenvalue weighted by molar-refractivity contribution is 0.476. The van der Waals surface area contributed by atoms with Crippen LogP contribution in [0.25, 0.3) is 66.1 Å². The fourth-order valence-electron chi connectivity index (χ4n) is 12.5. The average molecular weight is 927 g/mol. The maximum atomic E-state index is 11.6. The van der Waals surface area contributed by atoms with Crippen molar-refractivity contribution >= 4 is 55.7 Å². The molecule has 0 amide bonds. The Morgan fingerprint density at radius 2 is 0.875 bits per heavy atom. The normalized spacial score (nSPS) is 14.2. The summed E-state index contributed by atoms with van der Waals surface area (Å²) in [6.45, 7) is 9.45. The first-order chi connectivity index (χ1) is 35.1.